The van der Waals surface area contributed by atoms with Crippen LogP contribution in [0.15, 0.2) is 12.1 Å². The van der Waals surface area contributed by atoms with Crippen molar-refractivity contribution in [2.24, 2.45) is 0 Å². The number of benzene rings is 1. The fourth-order valence-electron chi connectivity index (χ4n) is 2.71. The summed E-state index contributed by atoms with van der Waals surface area (Å²) in [6, 6.07) is 4.39. The van der Waals surface area contributed by atoms with Crippen LogP contribution in [0, 0.1) is 5.41 Å². The summed E-state index contributed by atoms with van der Waals surface area (Å²) < 4.78 is 0. The van der Waals surface area contributed by atoms with Crippen LogP contribution in [0.25, 0.3) is 0 Å². The molecule has 1 atom stereocenters. The van der Waals surface area contributed by atoms with Gasteiger partial charge in [-0.1, -0.05) is 19.9 Å². The molecular weight excluding hydrogens is 208 g/mol. The lowest BCUT2D eigenvalue weighted by molar-refractivity contribution is 0.723. The van der Waals surface area contributed by atoms with Gasteiger partial charge in [-0.2, -0.15) is 0 Å². The van der Waals surface area contributed by atoms with Crippen molar-refractivity contribution in [3.05, 3.63) is 28.8 Å². The molecule has 0 saturated heterocycles. The van der Waals surface area contributed by atoms with E-state index in [1.807, 2.05) is 7.05 Å². The second-order valence-corrected chi connectivity index (χ2v) is 4.95. The van der Waals surface area contributed by atoms with Crippen LogP contribution >= 0.6 is 0 Å². The molecule has 0 aromatic heterocycles. The number of hydrogen-bond donors (Lipinski definition) is 2. The second-order valence-electron chi connectivity index (χ2n) is 4.95. The first-order chi connectivity index (χ1) is 8.19. The largest absolute Gasteiger partial charge is 0.388 e. The van der Waals surface area contributed by atoms with Gasteiger partial charge in [0.25, 0.3) is 0 Å². The zero-order valence-electron chi connectivity index (χ0n) is 11.1. The third kappa shape index (κ3) is 2.08. The van der Waals surface area contributed by atoms with E-state index in [-0.39, 0.29) is 0 Å². The van der Waals surface area contributed by atoms with Crippen molar-refractivity contribution in [1.29, 1.82) is 5.41 Å². The van der Waals surface area contributed by atoms with Gasteiger partial charge in [0.15, 0.2) is 0 Å². The van der Waals surface area contributed by atoms with E-state index in [1.165, 1.54) is 22.4 Å². The number of fused-ring (bicyclic) bond motifs is 1. The Morgan fingerprint density at radius 3 is 2.76 bits per heavy atom. The molecule has 0 amide bonds. The molecule has 0 spiro atoms. The lowest BCUT2D eigenvalue weighted by Crippen LogP contribution is -2.16. The first-order valence-corrected chi connectivity index (χ1v) is 6.60. The minimum atomic E-state index is 0.549. The molecule has 2 nitrogen and oxygen atoms in total. The fourth-order valence-corrected chi connectivity index (χ4v) is 2.71. The molecule has 0 unspecified atom stereocenters. The Kier molecular flexibility index (Phi) is 3.51. The highest BCUT2D eigenvalue weighted by atomic mass is 14.8. The van der Waals surface area contributed by atoms with E-state index in [0.717, 1.165) is 31.4 Å². The van der Waals surface area contributed by atoms with Crippen molar-refractivity contribution in [3.8, 4) is 0 Å². The van der Waals surface area contributed by atoms with Crippen molar-refractivity contribution in [2.45, 2.75) is 45.4 Å². The van der Waals surface area contributed by atoms with E-state index in [2.05, 4.69) is 31.3 Å². The van der Waals surface area contributed by atoms with E-state index in [1.54, 1.807) is 0 Å². The van der Waals surface area contributed by atoms with Gasteiger partial charge >= 0.3 is 0 Å². The highest BCUT2D eigenvalue weighted by molar-refractivity contribution is 6.03. The monoisotopic (exact) mass is 230 g/mol. The van der Waals surface area contributed by atoms with Crippen molar-refractivity contribution in [3.63, 3.8) is 0 Å². The Bertz CT molecular complexity index is 435. The summed E-state index contributed by atoms with van der Waals surface area (Å²) in [6.07, 6.45) is 4.30. The normalized spacial score (nSPS) is 16.5. The molecule has 0 radical (unpaired) electrons. The molecule has 1 aromatic carbocycles. The summed E-state index contributed by atoms with van der Waals surface area (Å²) in [7, 11) is 1.97. The first kappa shape index (κ1) is 12.2. The Morgan fingerprint density at radius 1 is 1.35 bits per heavy atom. The summed E-state index contributed by atoms with van der Waals surface area (Å²) >= 11 is 0. The quantitative estimate of drug-likeness (QED) is 0.810. The van der Waals surface area contributed by atoms with Crippen LogP contribution in [0.3, 0.4) is 0 Å². The second kappa shape index (κ2) is 4.91. The molecule has 92 valence electrons. The van der Waals surface area contributed by atoms with Gasteiger partial charge in [0.2, 0.25) is 0 Å². The molecule has 0 bridgehead atoms. The molecule has 0 heterocycles. The lowest BCUT2D eigenvalue weighted by atomic mass is 9.81. The van der Waals surface area contributed by atoms with Gasteiger partial charge < -0.3 is 10.7 Å². The van der Waals surface area contributed by atoms with Crippen LogP contribution in [0.2, 0.25) is 0 Å². The standard InChI is InChI=1S/C15H22N2/c1-4-10(2)11-8-9-14(17-3)12-6-5-7-13(16)15(11)12/h8-10,16-17H,4-7H2,1-3H3/t10-/m1/s1. The van der Waals surface area contributed by atoms with Crippen LogP contribution < -0.4 is 5.32 Å². The molecular formula is C15H22N2. The van der Waals surface area contributed by atoms with Gasteiger partial charge in [-0.25, -0.2) is 0 Å². The third-order valence-electron chi connectivity index (χ3n) is 3.91. The van der Waals surface area contributed by atoms with E-state index >= 15 is 0 Å². The van der Waals surface area contributed by atoms with Crippen LogP contribution in [0.5, 0.6) is 0 Å². The Morgan fingerprint density at radius 2 is 2.12 bits per heavy atom. The maximum atomic E-state index is 8.22. The predicted octanol–water partition coefficient (Wildman–Crippen LogP) is 3.95. The van der Waals surface area contributed by atoms with Gasteiger partial charge in [-0.3, -0.25) is 0 Å². The van der Waals surface area contributed by atoms with Crippen LogP contribution in [-0.2, 0) is 6.42 Å². The molecule has 1 aliphatic carbocycles. The van der Waals surface area contributed by atoms with E-state index in [0.29, 0.717) is 5.92 Å². The molecule has 0 fully saturated rings. The maximum absolute atomic E-state index is 8.22. The topological polar surface area (TPSA) is 35.9 Å². The maximum Gasteiger partial charge on any atom is 0.0392 e. The minimum absolute atomic E-state index is 0.549. The highest BCUT2D eigenvalue weighted by Gasteiger charge is 2.22. The molecule has 1 aliphatic rings. The average Bonchev–Trinajstić information content (AvgIpc) is 2.37. The van der Waals surface area contributed by atoms with Gasteiger partial charge in [0.05, 0.1) is 0 Å². The molecule has 2 N–H and O–H groups in total. The van der Waals surface area contributed by atoms with E-state index in [4.69, 9.17) is 5.41 Å². The van der Waals surface area contributed by atoms with Gasteiger partial charge in [-0.15, -0.1) is 0 Å². The Labute approximate surface area is 104 Å². The molecule has 17 heavy (non-hydrogen) atoms. The highest BCUT2D eigenvalue weighted by Crippen LogP contribution is 2.34. The lowest BCUT2D eigenvalue weighted by Gasteiger charge is -2.25. The SMILES string of the molecule is CC[C@@H](C)c1ccc(NC)c2c1C(=N)CCC2. The first-order valence-electron chi connectivity index (χ1n) is 6.60. The van der Waals surface area contributed by atoms with Crippen LogP contribution in [-0.4, -0.2) is 12.8 Å². The minimum Gasteiger partial charge on any atom is -0.388 e. The predicted molar refractivity (Wildman–Crippen MR) is 74.5 cm³/mol. The summed E-state index contributed by atoms with van der Waals surface area (Å²) in [5.41, 5.74) is 6.00. The average molecular weight is 230 g/mol. The zero-order chi connectivity index (χ0) is 12.4. The Balaban J connectivity index is 2.59. The van der Waals surface area contributed by atoms with E-state index < -0.39 is 0 Å². The van der Waals surface area contributed by atoms with Crippen molar-refractivity contribution >= 4 is 11.4 Å². The smallest absolute Gasteiger partial charge is 0.0392 e. The van der Waals surface area contributed by atoms with Crippen LogP contribution in [0.4, 0.5) is 5.69 Å². The summed E-state index contributed by atoms with van der Waals surface area (Å²) in [5, 5.41) is 11.5. The van der Waals surface area contributed by atoms with Crippen LogP contribution in [0.1, 0.15) is 55.7 Å². The summed E-state index contributed by atoms with van der Waals surface area (Å²) in [4.78, 5) is 0. The number of hydrogen-bond acceptors (Lipinski definition) is 2. The Hall–Kier alpha value is -1.31. The zero-order valence-corrected chi connectivity index (χ0v) is 11.1. The summed E-state index contributed by atoms with van der Waals surface area (Å²) in [5.74, 6) is 0.549. The van der Waals surface area contributed by atoms with Crippen molar-refractivity contribution in [2.75, 3.05) is 12.4 Å². The molecule has 0 saturated carbocycles. The molecule has 1 aromatic rings. The molecule has 2 rings (SSSR count). The molecule has 0 aliphatic heterocycles. The third-order valence-corrected chi connectivity index (χ3v) is 3.91. The van der Waals surface area contributed by atoms with Crippen molar-refractivity contribution in [1.82, 2.24) is 0 Å². The van der Waals surface area contributed by atoms with E-state index in [9.17, 15) is 0 Å². The molecule has 2 heteroatoms. The fraction of sp³-hybridized carbons (Fsp3) is 0.533. The summed E-state index contributed by atoms with van der Waals surface area (Å²) in [6.45, 7) is 4.48. The van der Waals surface area contributed by atoms with Crippen molar-refractivity contribution < 1.29 is 0 Å². The van der Waals surface area contributed by atoms with Gasteiger partial charge in [0, 0.05) is 24.0 Å². The van der Waals surface area contributed by atoms with Gasteiger partial charge in [0.1, 0.15) is 0 Å². The number of rotatable bonds is 3. The number of nitrogens with one attached hydrogen (secondary N) is 2. The van der Waals surface area contributed by atoms with Gasteiger partial charge in [-0.05, 0) is 48.8 Å². The number of anilines is 1.